The maximum absolute atomic E-state index is 13.5. The molecule has 1 aliphatic rings. The molecule has 1 aliphatic heterocycles. The van der Waals surface area contributed by atoms with Gasteiger partial charge in [0, 0.05) is 24.9 Å². The number of ether oxygens (including phenoxy) is 4. The molecule has 9 heteroatoms. The molecule has 4 rings (SSSR count). The van der Waals surface area contributed by atoms with Gasteiger partial charge in [0.05, 0.1) is 27.0 Å². The van der Waals surface area contributed by atoms with Crippen LogP contribution in [0, 0.1) is 0 Å². The van der Waals surface area contributed by atoms with Crippen LogP contribution in [0.5, 0.6) is 17.2 Å². The third-order valence-corrected chi connectivity index (χ3v) is 6.33. The molecule has 35 heavy (non-hydrogen) atoms. The number of anilines is 1. The van der Waals surface area contributed by atoms with Crippen LogP contribution in [-0.2, 0) is 4.74 Å². The highest BCUT2D eigenvalue weighted by Crippen LogP contribution is 2.40. The number of halogens is 1. The Hall–Kier alpha value is -3.27. The second kappa shape index (κ2) is 11.0. The van der Waals surface area contributed by atoms with Crippen molar-refractivity contribution in [2.75, 3.05) is 39.5 Å². The number of hydrazine groups is 1. The van der Waals surface area contributed by atoms with Gasteiger partial charge in [0.1, 0.15) is 33.6 Å². The second-order valence-electron chi connectivity index (χ2n) is 7.61. The standard InChI is InChI=1S/C26H27BrN2O6/c1-5-34-26(16-7-8-18(21(13-16)31-2)29-12-6-11-28-29)25(30)20-10-9-19(35-20)17-14-22(32-3)24(27)23(15-17)33-4/h6-10,12-15,26,28H,5,11H2,1-4H3. The highest BCUT2D eigenvalue weighted by Gasteiger charge is 2.27. The van der Waals surface area contributed by atoms with Crippen molar-refractivity contribution >= 4 is 27.4 Å². The molecule has 0 spiro atoms. The molecule has 0 fully saturated rings. The fourth-order valence-corrected chi connectivity index (χ4v) is 4.39. The molecule has 8 nitrogen and oxygen atoms in total. The summed E-state index contributed by atoms with van der Waals surface area (Å²) in [6.45, 7) is 2.94. The minimum atomic E-state index is -0.849. The molecule has 0 radical (unpaired) electrons. The Balaban J connectivity index is 1.65. The first-order valence-electron chi connectivity index (χ1n) is 11.1. The van der Waals surface area contributed by atoms with E-state index in [0.717, 1.165) is 12.2 Å². The lowest BCUT2D eigenvalue weighted by molar-refractivity contribution is 0.0428. The molecule has 0 saturated heterocycles. The number of hydrogen-bond acceptors (Lipinski definition) is 8. The number of ketones is 1. The van der Waals surface area contributed by atoms with Gasteiger partial charge in [-0.05, 0) is 64.8 Å². The van der Waals surface area contributed by atoms with E-state index in [9.17, 15) is 4.79 Å². The lowest BCUT2D eigenvalue weighted by Crippen LogP contribution is -2.28. The SMILES string of the molecule is CCOC(C(=O)c1ccc(-c2cc(OC)c(Br)c(OC)c2)o1)c1ccc(N2C=CCN2)c(OC)c1. The molecule has 1 atom stereocenters. The number of benzene rings is 2. The van der Waals surface area contributed by atoms with E-state index in [2.05, 4.69) is 21.4 Å². The largest absolute Gasteiger partial charge is 0.495 e. The first-order chi connectivity index (χ1) is 17.0. The molecular weight excluding hydrogens is 516 g/mol. The summed E-state index contributed by atoms with van der Waals surface area (Å²) in [6.07, 6.45) is 3.09. The smallest absolute Gasteiger partial charge is 0.231 e. The van der Waals surface area contributed by atoms with Crippen LogP contribution >= 0.6 is 15.9 Å². The number of nitrogens with one attached hydrogen (secondary N) is 1. The summed E-state index contributed by atoms with van der Waals surface area (Å²) in [6, 6.07) is 12.6. The Morgan fingerprint density at radius 3 is 2.37 bits per heavy atom. The van der Waals surface area contributed by atoms with Crippen LogP contribution < -0.4 is 24.6 Å². The van der Waals surface area contributed by atoms with Crippen molar-refractivity contribution in [3.8, 4) is 28.6 Å². The molecular formula is C26H27BrN2O6. The maximum Gasteiger partial charge on any atom is 0.231 e. The van der Waals surface area contributed by atoms with Gasteiger partial charge in [-0.25, -0.2) is 5.43 Å². The van der Waals surface area contributed by atoms with Crippen molar-refractivity contribution in [1.82, 2.24) is 5.43 Å². The fourth-order valence-electron chi connectivity index (χ4n) is 3.84. The highest BCUT2D eigenvalue weighted by molar-refractivity contribution is 9.10. The lowest BCUT2D eigenvalue weighted by Gasteiger charge is -2.22. The van der Waals surface area contributed by atoms with Crippen molar-refractivity contribution in [2.45, 2.75) is 13.0 Å². The Bertz CT molecular complexity index is 1210. The van der Waals surface area contributed by atoms with Gasteiger partial charge < -0.3 is 23.4 Å². The van der Waals surface area contributed by atoms with E-state index in [1.807, 2.05) is 54.5 Å². The molecule has 1 N–H and O–H groups in total. The minimum absolute atomic E-state index is 0.187. The van der Waals surface area contributed by atoms with E-state index < -0.39 is 6.10 Å². The van der Waals surface area contributed by atoms with Crippen LogP contribution in [0.2, 0.25) is 0 Å². The van der Waals surface area contributed by atoms with Crippen molar-refractivity contribution in [3.05, 3.63) is 70.5 Å². The molecule has 2 heterocycles. The number of nitrogens with zero attached hydrogens (tertiary/aromatic N) is 1. The molecule has 2 aromatic carbocycles. The Kier molecular flexibility index (Phi) is 7.80. The van der Waals surface area contributed by atoms with Gasteiger partial charge in [-0.1, -0.05) is 12.1 Å². The zero-order chi connectivity index (χ0) is 24.9. The molecule has 0 bridgehead atoms. The van der Waals surface area contributed by atoms with E-state index in [1.165, 1.54) is 0 Å². The van der Waals surface area contributed by atoms with Crippen LogP contribution in [0.1, 0.15) is 29.1 Å². The molecule has 0 amide bonds. The van der Waals surface area contributed by atoms with Gasteiger partial charge >= 0.3 is 0 Å². The lowest BCUT2D eigenvalue weighted by atomic mass is 10.0. The molecule has 0 saturated carbocycles. The zero-order valence-electron chi connectivity index (χ0n) is 20.0. The first-order valence-corrected chi connectivity index (χ1v) is 11.8. The van der Waals surface area contributed by atoms with E-state index in [0.29, 0.717) is 45.2 Å². The number of carbonyl (C=O) groups is 1. The predicted molar refractivity (Wildman–Crippen MR) is 136 cm³/mol. The third-order valence-electron chi connectivity index (χ3n) is 5.55. The summed E-state index contributed by atoms with van der Waals surface area (Å²) in [4.78, 5) is 13.5. The molecule has 184 valence electrons. The maximum atomic E-state index is 13.5. The van der Waals surface area contributed by atoms with Gasteiger partial charge in [-0.3, -0.25) is 9.80 Å². The van der Waals surface area contributed by atoms with Crippen molar-refractivity contribution in [1.29, 1.82) is 0 Å². The van der Waals surface area contributed by atoms with Crippen molar-refractivity contribution < 1.29 is 28.2 Å². The van der Waals surface area contributed by atoms with Gasteiger partial charge in [-0.15, -0.1) is 0 Å². The Morgan fingerprint density at radius 1 is 1.06 bits per heavy atom. The average molecular weight is 543 g/mol. The number of carbonyl (C=O) groups excluding carboxylic acids is 1. The Morgan fingerprint density at radius 2 is 1.77 bits per heavy atom. The van der Waals surface area contributed by atoms with Crippen LogP contribution in [-0.4, -0.2) is 40.3 Å². The number of rotatable bonds is 10. The minimum Gasteiger partial charge on any atom is -0.495 e. The first kappa shape index (κ1) is 24.8. The topological polar surface area (TPSA) is 82.4 Å². The summed E-state index contributed by atoms with van der Waals surface area (Å²) in [5.41, 5.74) is 5.44. The van der Waals surface area contributed by atoms with Crippen LogP contribution in [0.15, 0.2) is 63.6 Å². The highest BCUT2D eigenvalue weighted by atomic mass is 79.9. The summed E-state index contributed by atoms with van der Waals surface area (Å²) >= 11 is 3.47. The summed E-state index contributed by atoms with van der Waals surface area (Å²) in [5, 5.41) is 1.87. The van der Waals surface area contributed by atoms with Gasteiger partial charge in [0.15, 0.2) is 5.76 Å². The number of methoxy groups -OCH3 is 3. The molecule has 3 aromatic rings. The van der Waals surface area contributed by atoms with E-state index in [1.54, 1.807) is 33.5 Å². The van der Waals surface area contributed by atoms with Gasteiger partial charge in [0.2, 0.25) is 5.78 Å². The normalized spacial score (nSPS) is 13.7. The summed E-state index contributed by atoms with van der Waals surface area (Å²) < 4.78 is 29.0. The van der Waals surface area contributed by atoms with E-state index >= 15 is 0 Å². The van der Waals surface area contributed by atoms with Crippen molar-refractivity contribution in [2.24, 2.45) is 0 Å². The van der Waals surface area contributed by atoms with E-state index in [-0.39, 0.29) is 11.5 Å². The number of Topliss-reactive ketones (excluding diaryl/α,β-unsaturated/α-hetero) is 1. The van der Waals surface area contributed by atoms with Crippen LogP contribution in [0.25, 0.3) is 11.3 Å². The number of furan rings is 1. The number of hydrogen-bond donors (Lipinski definition) is 1. The third kappa shape index (κ3) is 5.07. The van der Waals surface area contributed by atoms with Gasteiger partial charge in [-0.2, -0.15) is 0 Å². The summed E-state index contributed by atoms with van der Waals surface area (Å²) in [7, 11) is 4.74. The quantitative estimate of drug-likeness (QED) is 0.334. The monoisotopic (exact) mass is 542 g/mol. The van der Waals surface area contributed by atoms with Crippen LogP contribution in [0.3, 0.4) is 0 Å². The predicted octanol–water partition coefficient (Wildman–Crippen LogP) is 5.53. The molecule has 1 unspecified atom stereocenters. The Labute approximate surface area is 212 Å². The average Bonchev–Trinajstić information content (AvgIpc) is 3.59. The van der Waals surface area contributed by atoms with E-state index in [4.69, 9.17) is 23.4 Å². The molecule has 1 aromatic heterocycles. The van der Waals surface area contributed by atoms with Gasteiger partial charge in [0.25, 0.3) is 0 Å². The van der Waals surface area contributed by atoms with Crippen LogP contribution in [0.4, 0.5) is 5.69 Å². The fraction of sp³-hybridized carbons (Fsp3) is 0.269. The molecule has 0 aliphatic carbocycles. The summed E-state index contributed by atoms with van der Waals surface area (Å²) in [5.74, 6) is 2.20. The van der Waals surface area contributed by atoms with Crippen molar-refractivity contribution in [3.63, 3.8) is 0 Å². The second-order valence-corrected chi connectivity index (χ2v) is 8.40. The zero-order valence-corrected chi connectivity index (χ0v) is 21.5.